The Hall–Kier alpha value is -2.81. The van der Waals surface area contributed by atoms with Crippen molar-refractivity contribution in [2.75, 3.05) is 25.0 Å². The number of carbonyl (C=O) groups excluding carboxylic acids is 1. The van der Waals surface area contributed by atoms with E-state index in [1.165, 1.54) is 6.08 Å². The molecule has 6 heteroatoms. The molecule has 0 aromatic heterocycles. The second-order valence-electron chi connectivity index (χ2n) is 4.37. The number of anilines is 1. The lowest BCUT2D eigenvalue weighted by Crippen LogP contribution is -2.35. The summed E-state index contributed by atoms with van der Waals surface area (Å²) in [5.41, 5.74) is 1.62. The monoisotopic (exact) mass is 287 g/mol. The van der Waals surface area contributed by atoms with Gasteiger partial charge in [-0.3, -0.25) is 4.79 Å². The van der Waals surface area contributed by atoms with Crippen molar-refractivity contribution in [3.05, 3.63) is 35.4 Å². The Labute approximate surface area is 123 Å². The molecule has 0 fully saturated rings. The van der Waals surface area contributed by atoms with E-state index in [0.29, 0.717) is 23.4 Å². The number of hydrogen-bond acceptors (Lipinski definition) is 4. The summed E-state index contributed by atoms with van der Waals surface area (Å²) >= 11 is 0. The number of nitrogens with zero attached hydrogens (tertiary/aromatic N) is 2. The number of amides is 1. The van der Waals surface area contributed by atoms with Gasteiger partial charge in [0.15, 0.2) is 0 Å². The van der Waals surface area contributed by atoms with E-state index in [-0.39, 0.29) is 12.5 Å². The molecule has 0 aliphatic rings. The quantitative estimate of drug-likeness (QED) is 0.767. The van der Waals surface area contributed by atoms with Crippen LogP contribution < -0.4 is 10.2 Å². The van der Waals surface area contributed by atoms with Crippen molar-refractivity contribution in [1.82, 2.24) is 5.32 Å². The molecule has 0 atom stereocenters. The molecule has 0 saturated heterocycles. The molecule has 0 aliphatic carbocycles. The number of carbonyl (C=O) groups is 2. The van der Waals surface area contributed by atoms with E-state index in [9.17, 15) is 14.9 Å². The Kier molecular flexibility index (Phi) is 5.96. The zero-order valence-electron chi connectivity index (χ0n) is 12.0. The van der Waals surface area contributed by atoms with Crippen LogP contribution in [-0.4, -0.2) is 37.1 Å². The van der Waals surface area contributed by atoms with Crippen molar-refractivity contribution in [1.29, 1.82) is 5.26 Å². The SMILES string of the molecule is CCNC(=O)CN(C)c1ccc(/C=C/C(=O)O)cc1C#N. The van der Waals surface area contributed by atoms with Crippen molar-refractivity contribution < 1.29 is 14.7 Å². The highest BCUT2D eigenvalue weighted by Gasteiger charge is 2.11. The lowest BCUT2D eigenvalue weighted by molar-refractivity contribution is -0.131. The highest BCUT2D eigenvalue weighted by molar-refractivity contribution is 5.86. The summed E-state index contributed by atoms with van der Waals surface area (Å²) in [6.45, 7) is 2.53. The second kappa shape index (κ2) is 7.70. The zero-order valence-corrected chi connectivity index (χ0v) is 12.0. The van der Waals surface area contributed by atoms with E-state index in [0.717, 1.165) is 6.08 Å². The van der Waals surface area contributed by atoms with Crippen LogP contribution in [-0.2, 0) is 9.59 Å². The minimum Gasteiger partial charge on any atom is -0.478 e. The van der Waals surface area contributed by atoms with Gasteiger partial charge >= 0.3 is 5.97 Å². The van der Waals surface area contributed by atoms with E-state index in [1.807, 2.05) is 6.92 Å². The molecule has 21 heavy (non-hydrogen) atoms. The molecule has 1 aromatic carbocycles. The molecular formula is C15H17N3O3. The number of carboxylic acids is 1. The van der Waals surface area contributed by atoms with E-state index in [4.69, 9.17) is 5.11 Å². The zero-order chi connectivity index (χ0) is 15.8. The molecule has 1 rings (SSSR count). The van der Waals surface area contributed by atoms with Gasteiger partial charge in [0.2, 0.25) is 5.91 Å². The first-order valence-electron chi connectivity index (χ1n) is 6.41. The number of likely N-dealkylation sites (N-methyl/N-ethyl adjacent to an activating group) is 2. The average molecular weight is 287 g/mol. The van der Waals surface area contributed by atoms with Gasteiger partial charge in [-0.15, -0.1) is 0 Å². The van der Waals surface area contributed by atoms with Crippen LogP contribution in [0.3, 0.4) is 0 Å². The maximum Gasteiger partial charge on any atom is 0.328 e. The summed E-state index contributed by atoms with van der Waals surface area (Å²) in [5, 5.41) is 20.5. The Bertz CT molecular complexity index is 603. The van der Waals surface area contributed by atoms with E-state index >= 15 is 0 Å². The van der Waals surface area contributed by atoms with Gasteiger partial charge in [-0.05, 0) is 30.7 Å². The predicted octanol–water partition coefficient (Wildman–Crippen LogP) is 1.23. The van der Waals surface area contributed by atoms with Crippen LogP contribution >= 0.6 is 0 Å². The summed E-state index contributed by atoms with van der Waals surface area (Å²) in [6, 6.07) is 7.03. The number of aliphatic carboxylic acids is 1. The van der Waals surface area contributed by atoms with Crippen molar-refractivity contribution in [2.24, 2.45) is 0 Å². The van der Waals surface area contributed by atoms with Crippen LogP contribution in [0.2, 0.25) is 0 Å². The molecule has 0 heterocycles. The van der Waals surface area contributed by atoms with Gasteiger partial charge in [-0.1, -0.05) is 6.07 Å². The Morgan fingerprint density at radius 3 is 2.76 bits per heavy atom. The van der Waals surface area contributed by atoms with E-state index < -0.39 is 5.97 Å². The van der Waals surface area contributed by atoms with Crippen molar-refractivity contribution in [2.45, 2.75) is 6.92 Å². The van der Waals surface area contributed by atoms with Crippen LogP contribution in [0.1, 0.15) is 18.1 Å². The molecule has 0 radical (unpaired) electrons. The molecule has 0 unspecified atom stereocenters. The molecule has 1 amide bonds. The summed E-state index contributed by atoms with van der Waals surface area (Å²) in [6.07, 6.45) is 2.42. The van der Waals surface area contributed by atoms with Crippen molar-refractivity contribution in [3.63, 3.8) is 0 Å². The third kappa shape index (κ3) is 4.99. The molecule has 1 aromatic rings. The summed E-state index contributed by atoms with van der Waals surface area (Å²) < 4.78 is 0. The van der Waals surface area contributed by atoms with Gasteiger partial charge in [0.1, 0.15) is 6.07 Å². The number of nitrogens with one attached hydrogen (secondary N) is 1. The fourth-order valence-corrected chi connectivity index (χ4v) is 1.80. The standard InChI is InChI=1S/C15H17N3O3/c1-3-17-14(19)10-18(2)13-6-4-11(5-7-15(20)21)8-12(13)9-16/h4-8H,3,10H2,1-2H3,(H,17,19)(H,20,21)/b7-5+. The van der Waals surface area contributed by atoms with Crippen LogP contribution in [0.5, 0.6) is 0 Å². The van der Waals surface area contributed by atoms with Crippen molar-refractivity contribution >= 4 is 23.6 Å². The van der Waals surface area contributed by atoms with Crippen LogP contribution in [0, 0.1) is 11.3 Å². The number of nitriles is 1. The van der Waals surface area contributed by atoms with Crippen LogP contribution in [0.15, 0.2) is 24.3 Å². The van der Waals surface area contributed by atoms with Crippen molar-refractivity contribution in [3.8, 4) is 6.07 Å². The van der Waals surface area contributed by atoms with Gasteiger partial charge in [0.05, 0.1) is 17.8 Å². The first-order valence-corrected chi connectivity index (χ1v) is 6.41. The first-order chi connectivity index (χ1) is 9.97. The van der Waals surface area contributed by atoms with Gasteiger partial charge in [0.25, 0.3) is 0 Å². The number of hydrogen-bond donors (Lipinski definition) is 2. The Morgan fingerprint density at radius 2 is 2.19 bits per heavy atom. The lowest BCUT2D eigenvalue weighted by atomic mass is 10.1. The summed E-state index contributed by atoms with van der Waals surface area (Å²) in [4.78, 5) is 23.7. The minimum atomic E-state index is -1.05. The minimum absolute atomic E-state index is 0.126. The average Bonchev–Trinajstić information content (AvgIpc) is 2.44. The number of carboxylic acid groups (broad SMARTS) is 1. The van der Waals surface area contributed by atoms with Crippen LogP contribution in [0.25, 0.3) is 6.08 Å². The fourth-order valence-electron chi connectivity index (χ4n) is 1.80. The topological polar surface area (TPSA) is 93.4 Å². The molecule has 6 nitrogen and oxygen atoms in total. The Balaban J connectivity index is 2.96. The fraction of sp³-hybridized carbons (Fsp3) is 0.267. The molecule has 0 bridgehead atoms. The molecule has 0 spiro atoms. The largest absolute Gasteiger partial charge is 0.478 e. The first kappa shape index (κ1) is 16.2. The van der Waals surface area contributed by atoms with Crippen LogP contribution in [0.4, 0.5) is 5.69 Å². The predicted molar refractivity (Wildman–Crippen MR) is 79.8 cm³/mol. The number of benzene rings is 1. The highest BCUT2D eigenvalue weighted by atomic mass is 16.4. The maximum atomic E-state index is 11.6. The Morgan fingerprint density at radius 1 is 1.48 bits per heavy atom. The summed E-state index contributed by atoms with van der Waals surface area (Å²) in [5.74, 6) is -1.18. The lowest BCUT2D eigenvalue weighted by Gasteiger charge is -2.20. The van der Waals surface area contributed by atoms with Gasteiger partial charge in [-0.25, -0.2) is 4.79 Å². The van der Waals surface area contributed by atoms with Gasteiger partial charge < -0.3 is 15.3 Å². The van der Waals surface area contributed by atoms with Gasteiger partial charge in [0, 0.05) is 19.7 Å². The molecule has 2 N–H and O–H groups in total. The smallest absolute Gasteiger partial charge is 0.328 e. The molecule has 110 valence electrons. The molecule has 0 aliphatic heterocycles. The third-order valence-corrected chi connectivity index (χ3v) is 2.73. The highest BCUT2D eigenvalue weighted by Crippen LogP contribution is 2.21. The van der Waals surface area contributed by atoms with Gasteiger partial charge in [-0.2, -0.15) is 5.26 Å². The van der Waals surface area contributed by atoms with E-state index in [2.05, 4.69) is 11.4 Å². The normalized spacial score (nSPS) is 10.1. The van der Waals surface area contributed by atoms with E-state index in [1.54, 1.807) is 30.1 Å². The third-order valence-electron chi connectivity index (χ3n) is 2.73. The maximum absolute atomic E-state index is 11.6. The molecular weight excluding hydrogens is 270 g/mol. The summed E-state index contributed by atoms with van der Waals surface area (Å²) in [7, 11) is 1.72. The number of rotatable bonds is 6. The molecule has 0 saturated carbocycles. The second-order valence-corrected chi connectivity index (χ2v) is 4.37.